The number of nitrogens with one attached hydrogen (secondary N) is 3. The SMILES string of the molecule is CNc1nc(Nc2ccc(-n3ccnc3C)cc2)nc2c1CNCC2. The minimum atomic E-state index is 0.622. The van der Waals surface area contributed by atoms with E-state index in [2.05, 4.69) is 43.0 Å². The van der Waals surface area contributed by atoms with Gasteiger partial charge in [0.2, 0.25) is 5.95 Å². The van der Waals surface area contributed by atoms with E-state index in [-0.39, 0.29) is 0 Å². The smallest absolute Gasteiger partial charge is 0.229 e. The molecular weight excluding hydrogens is 314 g/mol. The molecule has 4 rings (SSSR count). The topological polar surface area (TPSA) is 79.7 Å². The number of aromatic nitrogens is 4. The Labute approximate surface area is 146 Å². The van der Waals surface area contributed by atoms with Gasteiger partial charge in [0.05, 0.1) is 5.69 Å². The molecule has 0 bridgehead atoms. The zero-order valence-electron chi connectivity index (χ0n) is 14.4. The highest BCUT2D eigenvalue weighted by Crippen LogP contribution is 2.23. The Hall–Kier alpha value is -2.93. The number of rotatable bonds is 4. The van der Waals surface area contributed by atoms with Crippen molar-refractivity contribution < 1.29 is 0 Å². The summed E-state index contributed by atoms with van der Waals surface area (Å²) in [6, 6.07) is 8.16. The largest absolute Gasteiger partial charge is 0.373 e. The molecule has 3 heterocycles. The van der Waals surface area contributed by atoms with Crippen LogP contribution in [-0.2, 0) is 13.0 Å². The molecule has 0 radical (unpaired) electrons. The molecule has 0 saturated carbocycles. The van der Waals surface area contributed by atoms with E-state index < -0.39 is 0 Å². The first-order chi connectivity index (χ1) is 12.2. The van der Waals surface area contributed by atoms with Crippen LogP contribution in [-0.4, -0.2) is 33.1 Å². The second-order valence-corrected chi connectivity index (χ2v) is 6.01. The highest BCUT2D eigenvalue weighted by molar-refractivity contribution is 5.59. The van der Waals surface area contributed by atoms with Crippen LogP contribution in [0.15, 0.2) is 36.7 Å². The molecule has 1 aromatic carbocycles. The van der Waals surface area contributed by atoms with Gasteiger partial charge >= 0.3 is 0 Å². The monoisotopic (exact) mass is 335 g/mol. The Bertz CT molecular complexity index is 866. The maximum atomic E-state index is 4.69. The summed E-state index contributed by atoms with van der Waals surface area (Å²) >= 11 is 0. The quantitative estimate of drug-likeness (QED) is 0.679. The Balaban J connectivity index is 1.59. The average Bonchev–Trinajstić information content (AvgIpc) is 3.07. The lowest BCUT2D eigenvalue weighted by Gasteiger charge is -2.20. The van der Waals surface area contributed by atoms with E-state index in [1.165, 1.54) is 0 Å². The van der Waals surface area contributed by atoms with Crippen molar-refractivity contribution in [3.63, 3.8) is 0 Å². The molecule has 3 aromatic rings. The van der Waals surface area contributed by atoms with Crippen molar-refractivity contribution in [3.8, 4) is 5.69 Å². The van der Waals surface area contributed by atoms with Crippen molar-refractivity contribution in [3.05, 3.63) is 53.7 Å². The Morgan fingerprint density at radius 2 is 2.00 bits per heavy atom. The third-order valence-electron chi connectivity index (χ3n) is 4.40. The van der Waals surface area contributed by atoms with E-state index in [1.54, 1.807) is 6.20 Å². The van der Waals surface area contributed by atoms with Crippen LogP contribution in [0.3, 0.4) is 0 Å². The molecule has 1 aliphatic rings. The van der Waals surface area contributed by atoms with Crippen LogP contribution in [0, 0.1) is 6.92 Å². The zero-order chi connectivity index (χ0) is 17.2. The molecule has 2 aromatic heterocycles. The molecule has 0 atom stereocenters. The summed E-state index contributed by atoms with van der Waals surface area (Å²) in [5.74, 6) is 2.47. The number of anilines is 3. The van der Waals surface area contributed by atoms with Gasteiger partial charge in [0.15, 0.2) is 0 Å². The zero-order valence-corrected chi connectivity index (χ0v) is 14.4. The van der Waals surface area contributed by atoms with Gasteiger partial charge in [0.25, 0.3) is 0 Å². The summed E-state index contributed by atoms with van der Waals surface area (Å²) in [7, 11) is 1.89. The molecule has 0 saturated heterocycles. The fraction of sp³-hybridized carbons (Fsp3) is 0.278. The van der Waals surface area contributed by atoms with Crippen molar-refractivity contribution in [1.29, 1.82) is 0 Å². The Kier molecular flexibility index (Phi) is 4.07. The minimum Gasteiger partial charge on any atom is -0.373 e. The molecule has 7 heteroatoms. The molecule has 7 nitrogen and oxygen atoms in total. The summed E-state index contributed by atoms with van der Waals surface area (Å²) in [5.41, 5.74) is 4.29. The lowest BCUT2D eigenvalue weighted by Crippen LogP contribution is -2.26. The van der Waals surface area contributed by atoms with Crippen LogP contribution in [0.4, 0.5) is 17.5 Å². The van der Waals surface area contributed by atoms with Crippen LogP contribution in [0.5, 0.6) is 0 Å². The number of hydrogen-bond donors (Lipinski definition) is 3. The van der Waals surface area contributed by atoms with E-state index in [0.29, 0.717) is 5.95 Å². The van der Waals surface area contributed by atoms with Crippen molar-refractivity contribution in [2.24, 2.45) is 0 Å². The predicted molar refractivity (Wildman–Crippen MR) is 98.6 cm³/mol. The van der Waals surface area contributed by atoms with Crippen molar-refractivity contribution in [1.82, 2.24) is 24.8 Å². The van der Waals surface area contributed by atoms with Gasteiger partial charge in [0, 0.05) is 55.9 Å². The van der Waals surface area contributed by atoms with E-state index in [9.17, 15) is 0 Å². The standard InChI is InChI=1S/C18H21N7/c1-12-21-9-10-25(12)14-5-3-13(4-6-14)22-18-23-16-7-8-20-11-15(16)17(19-2)24-18/h3-6,9-10,20H,7-8,11H2,1-2H3,(H2,19,22,23,24). The van der Waals surface area contributed by atoms with E-state index >= 15 is 0 Å². The van der Waals surface area contributed by atoms with Crippen LogP contribution >= 0.6 is 0 Å². The van der Waals surface area contributed by atoms with Gasteiger partial charge in [-0.2, -0.15) is 4.98 Å². The number of nitrogens with zero attached hydrogens (tertiary/aromatic N) is 4. The summed E-state index contributed by atoms with van der Waals surface area (Å²) in [6.45, 7) is 3.75. The van der Waals surface area contributed by atoms with Crippen LogP contribution in [0.25, 0.3) is 5.69 Å². The van der Waals surface area contributed by atoms with E-state index in [1.807, 2.05) is 36.9 Å². The molecular formula is C18H21N7. The third-order valence-corrected chi connectivity index (χ3v) is 4.40. The van der Waals surface area contributed by atoms with Crippen LogP contribution < -0.4 is 16.0 Å². The van der Waals surface area contributed by atoms with Crippen molar-refractivity contribution in [2.45, 2.75) is 19.9 Å². The van der Waals surface area contributed by atoms with Gasteiger partial charge in [-0.3, -0.25) is 0 Å². The second kappa shape index (κ2) is 6.52. The molecule has 1 aliphatic heterocycles. The lowest BCUT2D eigenvalue weighted by atomic mass is 10.1. The van der Waals surface area contributed by atoms with Gasteiger partial charge in [-0.15, -0.1) is 0 Å². The number of fused-ring (bicyclic) bond motifs is 1. The molecule has 3 N–H and O–H groups in total. The number of benzene rings is 1. The van der Waals surface area contributed by atoms with E-state index in [0.717, 1.165) is 53.8 Å². The lowest BCUT2D eigenvalue weighted by molar-refractivity contribution is 0.628. The maximum Gasteiger partial charge on any atom is 0.229 e. The predicted octanol–water partition coefficient (Wildman–Crippen LogP) is 2.40. The normalized spacial score (nSPS) is 13.4. The molecule has 128 valence electrons. The summed E-state index contributed by atoms with van der Waals surface area (Å²) in [5, 5.41) is 9.84. The highest BCUT2D eigenvalue weighted by Gasteiger charge is 2.16. The van der Waals surface area contributed by atoms with Gasteiger partial charge in [0.1, 0.15) is 11.6 Å². The van der Waals surface area contributed by atoms with Gasteiger partial charge < -0.3 is 20.5 Å². The highest BCUT2D eigenvalue weighted by atomic mass is 15.2. The fourth-order valence-corrected chi connectivity index (χ4v) is 3.09. The first-order valence-corrected chi connectivity index (χ1v) is 8.40. The van der Waals surface area contributed by atoms with Crippen molar-refractivity contribution >= 4 is 17.5 Å². The summed E-state index contributed by atoms with van der Waals surface area (Å²) < 4.78 is 2.05. The summed E-state index contributed by atoms with van der Waals surface area (Å²) in [6.07, 6.45) is 4.67. The van der Waals surface area contributed by atoms with Gasteiger partial charge in [-0.1, -0.05) is 0 Å². The van der Waals surface area contributed by atoms with Gasteiger partial charge in [-0.05, 0) is 31.2 Å². The number of imidazole rings is 1. The first-order valence-electron chi connectivity index (χ1n) is 8.40. The van der Waals surface area contributed by atoms with Crippen LogP contribution in [0.1, 0.15) is 17.1 Å². The minimum absolute atomic E-state index is 0.622. The van der Waals surface area contributed by atoms with Gasteiger partial charge in [-0.25, -0.2) is 9.97 Å². The molecule has 0 unspecified atom stereocenters. The second-order valence-electron chi connectivity index (χ2n) is 6.01. The molecule has 25 heavy (non-hydrogen) atoms. The molecule has 0 fully saturated rings. The van der Waals surface area contributed by atoms with Crippen LogP contribution in [0.2, 0.25) is 0 Å². The fourth-order valence-electron chi connectivity index (χ4n) is 3.09. The van der Waals surface area contributed by atoms with Crippen molar-refractivity contribution in [2.75, 3.05) is 24.2 Å². The summed E-state index contributed by atoms with van der Waals surface area (Å²) in [4.78, 5) is 13.5. The molecule has 0 amide bonds. The number of hydrogen-bond acceptors (Lipinski definition) is 6. The number of aryl methyl sites for hydroxylation is 1. The molecule has 0 spiro atoms. The average molecular weight is 335 g/mol. The Morgan fingerprint density at radius 1 is 1.16 bits per heavy atom. The maximum absolute atomic E-state index is 4.69. The van der Waals surface area contributed by atoms with E-state index in [4.69, 9.17) is 0 Å². The Morgan fingerprint density at radius 3 is 2.72 bits per heavy atom. The molecule has 0 aliphatic carbocycles. The third kappa shape index (κ3) is 3.06. The first kappa shape index (κ1) is 15.6.